The van der Waals surface area contributed by atoms with Crippen LogP contribution in [0.2, 0.25) is 0 Å². The Morgan fingerprint density at radius 3 is 2.00 bits per heavy atom. The first-order chi connectivity index (χ1) is 8.06. The Kier molecular flexibility index (Phi) is 5.66. The zero-order valence-electron chi connectivity index (χ0n) is 11.8. The molecule has 1 atom stereocenters. The standard InChI is InChI=1S/C15H26N2/c1-12(2)13-6-8-14(9-7-13)15(17(4)5)10-11-16-3/h6-9,12,15-16H,10-11H2,1-5H3. The van der Waals surface area contributed by atoms with Crippen molar-refractivity contribution in [2.45, 2.75) is 32.2 Å². The summed E-state index contributed by atoms with van der Waals surface area (Å²) in [6.07, 6.45) is 1.14. The summed E-state index contributed by atoms with van der Waals surface area (Å²) in [5, 5.41) is 3.23. The molecule has 96 valence electrons. The van der Waals surface area contributed by atoms with Crippen molar-refractivity contribution in [2.75, 3.05) is 27.7 Å². The summed E-state index contributed by atoms with van der Waals surface area (Å²) in [5.74, 6) is 0.610. The molecule has 1 aromatic rings. The van der Waals surface area contributed by atoms with E-state index >= 15 is 0 Å². The monoisotopic (exact) mass is 234 g/mol. The van der Waals surface area contributed by atoms with Gasteiger partial charge in [0.15, 0.2) is 0 Å². The van der Waals surface area contributed by atoms with Crippen molar-refractivity contribution in [1.82, 2.24) is 10.2 Å². The summed E-state index contributed by atoms with van der Waals surface area (Å²) in [4.78, 5) is 2.29. The van der Waals surface area contributed by atoms with E-state index in [0.29, 0.717) is 12.0 Å². The zero-order chi connectivity index (χ0) is 12.8. The van der Waals surface area contributed by atoms with E-state index in [9.17, 15) is 0 Å². The second-order valence-electron chi connectivity index (χ2n) is 5.19. The lowest BCUT2D eigenvalue weighted by Gasteiger charge is -2.25. The van der Waals surface area contributed by atoms with E-state index in [2.05, 4.69) is 62.4 Å². The van der Waals surface area contributed by atoms with Gasteiger partial charge < -0.3 is 10.2 Å². The highest BCUT2D eigenvalue weighted by Crippen LogP contribution is 2.23. The lowest BCUT2D eigenvalue weighted by Crippen LogP contribution is -2.23. The highest BCUT2D eigenvalue weighted by atomic mass is 15.1. The Balaban J connectivity index is 2.80. The summed E-state index contributed by atoms with van der Waals surface area (Å²) in [6, 6.07) is 9.57. The normalized spacial score (nSPS) is 13.4. The summed E-state index contributed by atoms with van der Waals surface area (Å²) in [5.41, 5.74) is 2.83. The van der Waals surface area contributed by atoms with E-state index in [-0.39, 0.29) is 0 Å². The number of nitrogens with one attached hydrogen (secondary N) is 1. The summed E-state index contributed by atoms with van der Waals surface area (Å²) < 4.78 is 0. The van der Waals surface area contributed by atoms with E-state index in [1.165, 1.54) is 11.1 Å². The molecule has 2 heteroatoms. The average molecular weight is 234 g/mol. The summed E-state index contributed by atoms with van der Waals surface area (Å²) in [7, 11) is 6.31. The SMILES string of the molecule is CNCCC(c1ccc(C(C)C)cc1)N(C)C. The molecular weight excluding hydrogens is 208 g/mol. The van der Waals surface area contributed by atoms with Crippen LogP contribution in [0.4, 0.5) is 0 Å². The first-order valence-electron chi connectivity index (χ1n) is 6.47. The number of hydrogen-bond donors (Lipinski definition) is 1. The van der Waals surface area contributed by atoms with Crippen LogP contribution in [0.5, 0.6) is 0 Å². The Bertz CT molecular complexity index is 314. The van der Waals surface area contributed by atoms with E-state index in [1.54, 1.807) is 0 Å². The van der Waals surface area contributed by atoms with Crippen LogP contribution in [-0.2, 0) is 0 Å². The molecule has 1 N–H and O–H groups in total. The van der Waals surface area contributed by atoms with Gasteiger partial charge in [-0.15, -0.1) is 0 Å². The molecule has 0 amide bonds. The Hall–Kier alpha value is -0.860. The minimum Gasteiger partial charge on any atom is -0.320 e. The fourth-order valence-corrected chi connectivity index (χ4v) is 2.11. The van der Waals surface area contributed by atoms with Crippen LogP contribution in [0.15, 0.2) is 24.3 Å². The maximum atomic E-state index is 3.23. The molecule has 0 spiro atoms. The van der Waals surface area contributed by atoms with Crippen LogP contribution in [-0.4, -0.2) is 32.6 Å². The van der Waals surface area contributed by atoms with Crippen LogP contribution in [0.1, 0.15) is 43.4 Å². The molecule has 1 aromatic carbocycles. The third-order valence-electron chi connectivity index (χ3n) is 3.28. The quantitative estimate of drug-likeness (QED) is 0.814. The van der Waals surface area contributed by atoms with Gasteiger partial charge in [0.05, 0.1) is 0 Å². The Morgan fingerprint density at radius 1 is 1.06 bits per heavy atom. The Labute approximate surface area is 106 Å². The number of benzene rings is 1. The van der Waals surface area contributed by atoms with E-state index in [1.807, 2.05) is 7.05 Å². The van der Waals surface area contributed by atoms with Gasteiger partial charge in [-0.25, -0.2) is 0 Å². The fourth-order valence-electron chi connectivity index (χ4n) is 2.11. The van der Waals surface area contributed by atoms with Gasteiger partial charge in [-0.3, -0.25) is 0 Å². The average Bonchev–Trinajstić information content (AvgIpc) is 2.29. The van der Waals surface area contributed by atoms with Crippen molar-refractivity contribution in [3.05, 3.63) is 35.4 Å². The van der Waals surface area contributed by atoms with Crippen LogP contribution in [0.25, 0.3) is 0 Å². The van der Waals surface area contributed by atoms with E-state index < -0.39 is 0 Å². The van der Waals surface area contributed by atoms with Gasteiger partial charge in [0, 0.05) is 6.04 Å². The molecular formula is C15H26N2. The van der Waals surface area contributed by atoms with E-state index in [0.717, 1.165) is 13.0 Å². The second kappa shape index (κ2) is 6.77. The molecule has 1 rings (SSSR count). The maximum absolute atomic E-state index is 3.23. The third kappa shape index (κ3) is 4.14. The molecule has 0 fully saturated rings. The van der Waals surface area contributed by atoms with Gasteiger partial charge in [-0.05, 0) is 51.2 Å². The van der Waals surface area contributed by atoms with Gasteiger partial charge >= 0.3 is 0 Å². The molecule has 0 aliphatic rings. The fraction of sp³-hybridized carbons (Fsp3) is 0.600. The lowest BCUT2D eigenvalue weighted by molar-refractivity contribution is 0.283. The Morgan fingerprint density at radius 2 is 1.59 bits per heavy atom. The van der Waals surface area contributed by atoms with Crippen molar-refractivity contribution in [2.24, 2.45) is 0 Å². The number of rotatable bonds is 6. The van der Waals surface area contributed by atoms with Crippen LogP contribution < -0.4 is 5.32 Å². The molecule has 17 heavy (non-hydrogen) atoms. The second-order valence-corrected chi connectivity index (χ2v) is 5.19. The van der Waals surface area contributed by atoms with Gasteiger partial charge in [-0.1, -0.05) is 38.1 Å². The first-order valence-corrected chi connectivity index (χ1v) is 6.47. The predicted octanol–water partition coefficient (Wildman–Crippen LogP) is 3.02. The lowest BCUT2D eigenvalue weighted by atomic mass is 9.97. The van der Waals surface area contributed by atoms with Crippen LogP contribution >= 0.6 is 0 Å². The highest BCUT2D eigenvalue weighted by Gasteiger charge is 2.13. The molecule has 0 radical (unpaired) electrons. The van der Waals surface area contributed by atoms with E-state index in [4.69, 9.17) is 0 Å². The van der Waals surface area contributed by atoms with Gasteiger partial charge in [-0.2, -0.15) is 0 Å². The van der Waals surface area contributed by atoms with Crippen molar-refractivity contribution in [1.29, 1.82) is 0 Å². The predicted molar refractivity (Wildman–Crippen MR) is 75.5 cm³/mol. The molecule has 0 heterocycles. The molecule has 2 nitrogen and oxygen atoms in total. The van der Waals surface area contributed by atoms with Crippen LogP contribution in [0, 0.1) is 0 Å². The molecule has 0 aliphatic heterocycles. The van der Waals surface area contributed by atoms with Crippen molar-refractivity contribution >= 4 is 0 Å². The first kappa shape index (κ1) is 14.2. The largest absolute Gasteiger partial charge is 0.320 e. The highest BCUT2D eigenvalue weighted by molar-refractivity contribution is 5.26. The molecule has 1 unspecified atom stereocenters. The molecule has 0 aliphatic carbocycles. The van der Waals surface area contributed by atoms with Gasteiger partial charge in [0.1, 0.15) is 0 Å². The molecule has 0 aromatic heterocycles. The van der Waals surface area contributed by atoms with Crippen molar-refractivity contribution in [3.8, 4) is 0 Å². The minimum atomic E-state index is 0.503. The summed E-state index contributed by atoms with van der Waals surface area (Å²) in [6.45, 7) is 5.52. The van der Waals surface area contributed by atoms with Gasteiger partial charge in [0.2, 0.25) is 0 Å². The smallest absolute Gasteiger partial charge is 0.0354 e. The number of nitrogens with zero attached hydrogens (tertiary/aromatic N) is 1. The van der Waals surface area contributed by atoms with Gasteiger partial charge in [0.25, 0.3) is 0 Å². The molecule has 0 bridgehead atoms. The van der Waals surface area contributed by atoms with Crippen molar-refractivity contribution in [3.63, 3.8) is 0 Å². The number of hydrogen-bond acceptors (Lipinski definition) is 2. The zero-order valence-corrected chi connectivity index (χ0v) is 11.8. The third-order valence-corrected chi connectivity index (χ3v) is 3.28. The van der Waals surface area contributed by atoms with Crippen molar-refractivity contribution < 1.29 is 0 Å². The minimum absolute atomic E-state index is 0.503. The summed E-state index contributed by atoms with van der Waals surface area (Å²) >= 11 is 0. The molecule has 0 saturated heterocycles. The molecule has 0 saturated carbocycles. The maximum Gasteiger partial charge on any atom is 0.0354 e. The topological polar surface area (TPSA) is 15.3 Å². The van der Waals surface area contributed by atoms with Crippen LogP contribution in [0.3, 0.4) is 0 Å².